The van der Waals surface area contributed by atoms with Crippen LogP contribution in [0.3, 0.4) is 0 Å². The fourth-order valence-corrected chi connectivity index (χ4v) is 4.05. The second kappa shape index (κ2) is 7.52. The molecule has 0 fully saturated rings. The van der Waals surface area contributed by atoms with Crippen molar-refractivity contribution in [3.8, 4) is 45.6 Å². The highest BCUT2D eigenvalue weighted by molar-refractivity contribution is 9.10. The van der Waals surface area contributed by atoms with Crippen molar-refractivity contribution >= 4 is 26.8 Å². The monoisotopic (exact) mass is 475 g/mol. The zero-order valence-electron chi connectivity index (χ0n) is 16.5. The number of nitrogens with one attached hydrogen (secondary N) is 1. The van der Waals surface area contributed by atoms with Gasteiger partial charge in [0.2, 0.25) is 5.88 Å². The van der Waals surface area contributed by atoms with Crippen LogP contribution in [0.15, 0.2) is 77.3 Å². The van der Waals surface area contributed by atoms with E-state index in [2.05, 4.69) is 26.1 Å². The maximum absolute atomic E-state index is 11.2. The molecule has 0 amide bonds. The highest BCUT2D eigenvalue weighted by Gasteiger charge is 2.25. The molecule has 5 rings (SSSR count). The van der Waals surface area contributed by atoms with E-state index in [4.69, 9.17) is 4.74 Å². The van der Waals surface area contributed by atoms with E-state index in [9.17, 15) is 10.2 Å². The third-order valence-corrected chi connectivity index (χ3v) is 5.76. The number of fused-ring (bicyclic) bond motifs is 1. The van der Waals surface area contributed by atoms with Gasteiger partial charge >= 0.3 is 0 Å². The van der Waals surface area contributed by atoms with Crippen molar-refractivity contribution in [3.63, 3.8) is 0 Å². The molecule has 2 aromatic heterocycles. The number of H-pyrrole nitrogens is 1. The lowest BCUT2D eigenvalue weighted by atomic mass is 10.0. The highest BCUT2D eigenvalue weighted by atomic mass is 79.9. The van der Waals surface area contributed by atoms with Crippen molar-refractivity contribution < 1.29 is 14.9 Å². The van der Waals surface area contributed by atoms with Gasteiger partial charge in [0.15, 0.2) is 0 Å². The summed E-state index contributed by atoms with van der Waals surface area (Å²) in [7, 11) is 1.62. The zero-order chi connectivity index (χ0) is 21.5. The van der Waals surface area contributed by atoms with Crippen LogP contribution in [0.2, 0.25) is 0 Å². The van der Waals surface area contributed by atoms with Crippen molar-refractivity contribution in [2.24, 2.45) is 0 Å². The molecule has 0 aliphatic carbocycles. The number of halogens is 1. The van der Waals surface area contributed by atoms with E-state index in [1.165, 1.54) is 0 Å². The largest absolute Gasteiger partial charge is 0.508 e. The Morgan fingerprint density at radius 1 is 0.935 bits per heavy atom. The zero-order valence-corrected chi connectivity index (χ0v) is 18.1. The molecule has 0 unspecified atom stereocenters. The third-order valence-electron chi connectivity index (χ3n) is 5.23. The molecule has 0 atom stereocenters. The summed E-state index contributed by atoms with van der Waals surface area (Å²) in [5.41, 5.74) is 4.36. The first-order chi connectivity index (χ1) is 15.1. The Morgan fingerprint density at radius 3 is 2.35 bits per heavy atom. The predicted molar refractivity (Wildman–Crippen MR) is 124 cm³/mol. The van der Waals surface area contributed by atoms with Gasteiger partial charge in [-0.15, -0.1) is 0 Å². The van der Waals surface area contributed by atoms with Gasteiger partial charge in [0.05, 0.1) is 18.2 Å². The third kappa shape index (κ3) is 3.23. The number of hydrogen-bond donors (Lipinski definition) is 3. The van der Waals surface area contributed by atoms with E-state index in [0.29, 0.717) is 11.2 Å². The van der Waals surface area contributed by atoms with Crippen molar-refractivity contribution in [2.75, 3.05) is 7.11 Å². The van der Waals surface area contributed by atoms with Crippen molar-refractivity contribution in [3.05, 3.63) is 77.3 Å². The summed E-state index contributed by atoms with van der Waals surface area (Å²) in [6, 6.07) is 22.2. The number of phenols is 1. The second-order valence-electron chi connectivity index (χ2n) is 7.09. The SMILES string of the molecule is COc1ccc(-c2n[nH]c3c(O)n(-c4ccc(Br)cc4)c(-c4cccc(O)c4)c23)cc1. The number of phenolic OH excluding ortho intramolecular Hbond substituents is 1. The van der Waals surface area contributed by atoms with Crippen molar-refractivity contribution in [2.45, 2.75) is 0 Å². The maximum Gasteiger partial charge on any atom is 0.222 e. The van der Waals surface area contributed by atoms with Crippen LogP contribution < -0.4 is 4.74 Å². The Labute approximate surface area is 186 Å². The number of aromatic amines is 1. The minimum absolute atomic E-state index is 0.0444. The molecule has 5 aromatic rings. The Morgan fingerprint density at radius 2 is 1.68 bits per heavy atom. The van der Waals surface area contributed by atoms with Gasteiger partial charge in [0, 0.05) is 21.3 Å². The molecule has 2 heterocycles. The summed E-state index contributed by atoms with van der Waals surface area (Å²) in [4.78, 5) is 0. The second-order valence-corrected chi connectivity index (χ2v) is 8.00. The van der Waals surface area contributed by atoms with Crippen LogP contribution in [0.5, 0.6) is 17.4 Å². The van der Waals surface area contributed by atoms with Gasteiger partial charge in [-0.2, -0.15) is 5.10 Å². The average molecular weight is 476 g/mol. The van der Waals surface area contributed by atoms with E-state index >= 15 is 0 Å². The molecule has 0 aliphatic rings. The van der Waals surface area contributed by atoms with Crippen LogP contribution >= 0.6 is 15.9 Å². The molecule has 0 bridgehead atoms. The summed E-state index contributed by atoms with van der Waals surface area (Å²) in [6.45, 7) is 0. The molecule has 0 aliphatic heterocycles. The van der Waals surface area contributed by atoms with Crippen molar-refractivity contribution in [1.29, 1.82) is 0 Å². The molecule has 7 heteroatoms. The summed E-state index contributed by atoms with van der Waals surface area (Å²) < 4.78 is 7.97. The molecule has 6 nitrogen and oxygen atoms in total. The first kappa shape index (κ1) is 19.3. The summed E-state index contributed by atoms with van der Waals surface area (Å²) >= 11 is 3.46. The Bertz CT molecular complexity index is 1390. The van der Waals surface area contributed by atoms with Crippen LogP contribution in [0.25, 0.3) is 39.1 Å². The molecule has 3 N–H and O–H groups in total. The number of methoxy groups -OCH3 is 1. The number of aromatic nitrogens is 3. The smallest absolute Gasteiger partial charge is 0.222 e. The van der Waals surface area contributed by atoms with Gasteiger partial charge in [-0.05, 0) is 60.7 Å². The fourth-order valence-electron chi connectivity index (χ4n) is 3.79. The molecule has 154 valence electrons. The van der Waals surface area contributed by atoms with Crippen LogP contribution in [0.1, 0.15) is 0 Å². The number of aromatic hydroxyl groups is 2. The first-order valence-electron chi connectivity index (χ1n) is 9.58. The lowest BCUT2D eigenvalue weighted by molar-refractivity contribution is 0.415. The molecular formula is C24H18BrN3O3. The lowest BCUT2D eigenvalue weighted by Gasteiger charge is -2.12. The minimum atomic E-state index is 0.0444. The van der Waals surface area contributed by atoms with Crippen LogP contribution in [0, 0.1) is 0 Å². The van der Waals surface area contributed by atoms with Crippen LogP contribution in [-0.4, -0.2) is 32.1 Å². The van der Waals surface area contributed by atoms with Gasteiger partial charge in [-0.3, -0.25) is 9.67 Å². The topological polar surface area (TPSA) is 83.3 Å². The molecular weight excluding hydrogens is 458 g/mol. The molecule has 0 saturated carbocycles. The number of ether oxygens (including phenoxy) is 1. The van der Waals surface area contributed by atoms with E-state index in [-0.39, 0.29) is 11.6 Å². The Hall–Kier alpha value is -3.71. The fraction of sp³-hybridized carbons (Fsp3) is 0.0417. The van der Waals surface area contributed by atoms with Crippen LogP contribution in [0.4, 0.5) is 0 Å². The van der Waals surface area contributed by atoms with E-state index in [1.807, 2.05) is 54.6 Å². The lowest BCUT2D eigenvalue weighted by Crippen LogP contribution is -1.97. The van der Waals surface area contributed by atoms with Crippen molar-refractivity contribution in [1.82, 2.24) is 14.8 Å². The molecule has 0 saturated heterocycles. The molecule has 0 radical (unpaired) electrons. The summed E-state index contributed by atoms with van der Waals surface area (Å²) in [5.74, 6) is 0.935. The number of rotatable bonds is 4. The normalized spacial score (nSPS) is 11.2. The molecule has 3 aromatic carbocycles. The van der Waals surface area contributed by atoms with Gasteiger partial charge in [0.25, 0.3) is 0 Å². The number of benzene rings is 3. The van der Waals surface area contributed by atoms with E-state index in [1.54, 1.807) is 29.9 Å². The Kier molecular flexibility index (Phi) is 4.67. The molecule has 0 spiro atoms. The minimum Gasteiger partial charge on any atom is -0.508 e. The van der Waals surface area contributed by atoms with Crippen LogP contribution in [-0.2, 0) is 0 Å². The Balaban J connectivity index is 1.84. The summed E-state index contributed by atoms with van der Waals surface area (Å²) in [6.07, 6.45) is 0. The highest BCUT2D eigenvalue weighted by Crippen LogP contribution is 2.44. The van der Waals surface area contributed by atoms with E-state index < -0.39 is 0 Å². The van der Waals surface area contributed by atoms with E-state index in [0.717, 1.165) is 38.1 Å². The molecule has 31 heavy (non-hydrogen) atoms. The quantitative estimate of drug-likeness (QED) is 0.303. The summed E-state index contributed by atoms with van der Waals surface area (Å²) in [5, 5.41) is 29.5. The number of nitrogens with zero attached hydrogens (tertiary/aromatic N) is 2. The van der Waals surface area contributed by atoms with Gasteiger partial charge in [-0.25, -0.2) is 0 Å². The first-order valence-corrected chi connectivity index (χ1v) is 10.4. The standard InChI is InChI=1S/C24H18BrN3O3/c1-31-19-11-5-14(6-12-19)21-20-22(27-26-21)24(30)28(17-9-7-16(25)8-10-17)23(20)15-3-2-4-18(29)13-15/h2-13,27,29-30H,1H3. The average Bonchev–Trinajstić information content (AvgIpc) is 3.33. The van der Waals surface area contributed by atoms with Gasteiger partial charge in [-0.1, -0.05) is 28.1 Å². The van der Waals surface area contributed by atoms with Gasteiger partial charge < -0.3 is 14.9 Å². The van der Waals surface area contributed by atoms with Gasteiger partial charge in [0.1, 0.15) is 22.7 Å². The predicted octanol–water partition coefficient (Wildman–Crippen LogP) is 5.87. The number of hydrogen-bond acceptors (Lipinski definition) is 4. The maximum atomic E-state index is 11.2.